The molecule has 98 valence electrons. The maximum Gasteiger partial charge on any atom is 0.258 e. The molecule has 0 aliphatic carbocycles. The van der Waals surface area contributed by atoms with Gasteiger partial charge in [-0.05, 0) is 43.7 Å². The molecule has 2 aromatic rings. The van der Waals surface area contributed by atoms with E-state index in [1.54, 1.807) is 24.0 Å². The molecular weight excluding hydrogens is 238 g/mol. The second-order valence-corrected chi connectivity index (χ2v) is 4.39. The summed E-state index contributed by atoms with van der Waals surface area (Å²) in [5.74, 6) is 0.0407. The van der Waals surface area contributed by atoms with Gasteiger partial charge in [-0.15, -0.1) is 0 Å². The third-order valence-electron chi connectivity index (χ3n) is 3.09. The maximum atomic E-state index is 12.5. The Morgan fingerprint density at radius 2 is 1.84 bits per heavy atom. The van der Waals surface area contributed by atoms with Gasteiger partial charge in [0.1, 0.15) is 5.75 Å². The van der Waals surface area contributed by atoms with Gasteiger partial charge in [0.05, 0.1) is 0 Å². The summed E-state index contributed by atoms with van der Waals surface area (Å²) in [6.07, 6.45) is 0. The van der Waals surface area contributed by atoms with Crippen LogP contribution in [0.5, 0.6) is 5.75 Å². The molecule has 0 aliphatic rings. The van der Waals surface area contributed by atoms with E-state index in [9.17, 15) is 9.90 Å². The van der Waals surface area contributed by atoms with Crippen molar-refractivity contribution in [2.75, 3.05) is 11.4 Å². The minimum atomic E-state index is -0.107. The lowest BCUT2D eigenvalue weighted by molar-refractivity contribution is 0.0988. The highest BCUT2D eigenvalue weighted by Gasteiger charge is 2.16. The zero-order chi connectivity index (χ0) is 13.8. The molecule has 0 saturated heterocycles. The topological polar surface area (TPSA) is 40.5 Å². The molecule has 1 amide bonds. The van der Waals surface area contributed by atoms with Crippen LogP contribution < -0.4 is 4.90 Å². The smallest absolute Gasteiger partial charge is 0.258 e. The van der Waals surface area contributed by atoms with E-state index in [2.05, 4.69) is 0 Å². The average molecular weight is 255 g/mol. The molecule has 0 aromatic heterocycles. The van der Waals surface area contributed by atoms with Crippen molar-refractivity contribution in [2.45, 2.75) is 13.8 Å². The van der Waals surface area contributed by atoms with Gasteiger partial charge in [-0.3, -0.25) is 4.79 Å². The number of anilines is 1. The first-order chi connectivity index (χ1) is 9.13. The van der Waals surface area contributed by atoms with Crippen LogP contribution in [-0.4, -0.2) is 17.6 Å². The molecule has 2 aromatic carbocycles. The Morgan fingerprint density at radius 1 is 1.16 bits per heavy atom. The Balaban J connectivity index is 2.33. The highest BCUT2D eigenvalue weighted by Crippen LogP contribution is 2.21. The molecule has 0 heterocycles. The molecular formula is C16H17NO2. The molecule has 0 atom stereocenters. The Labute approximate surface area is 113 Å². The zero-order valence-electron chi connectivity index (χ0n) is 11.1. The van der Waals surface area contributed by atoms with Crippen LogP contribution in [-0.2, 0) is 0 Å². The van der Waals surface area contributed by atoms with Gasteiger partial charge in [0.15, 0.2) is 0 Å². The van der Waals surface area contributed by atoms with E-state index in [4.69, 9.17) is 0 Å². The van der Waals surface area contributed by atoms with Crippen LogP contribution in [0.3, 0.4) is 0 Å². The summed E-state index contributed by atoms with van der Waals surface area (Å²) in [6.45, 7) is 4.31. The average Bonchev–Trinajstić information content (AvgIpc) is 2.44. The fourth-order valence-corrected chi connectivity index (χ4v) is 1.95. The first-order valence-corrected chi connectivity index (χ1v) is 6.30. The molecule has 0 bridgehead atoms. The van der Waals surface area contributed by atoms with Crippen molar-refractivity contribution in [2.24, 2.45) is 0 Å². The number of rotatable bonds is 3. The van der Waals surface area contributed by atoms with E-state index in [0.717, 1.165) is 11.3 Å². The van der Waals surface area contributed by atoms with E-state index in [-0.39, 0.29) is 11.7 Å². The number of carbonyl (C=O) groups excluding carboxylic acids is 1. The van der Waals surface area contributed by atoms with Crippen molar-refractivity contribution >= 4 is 11.6 Å². The predicted molar refractivity (Wildman–Crippen MR) is 76.6 cm³/mol. The fourth-order valence-electron chi connectivity index (χ4n) is 1.95. The first kappa shape index (κ1) is 13.1. The third-order valence-corrected chi connectivity index (χ3v) is 3.09. The number of nitrogens with zero attached hydrogens (tertiary/aromatic N) is 1. The second kappa shape index (κ2) is 5.57. The number of benzene rings is 2. The van der Waals surface area contributed by atoms with Crippen LogP contribution in [0.2, 0.25) is 0 Å². The summed E-state index contributed by atoms with van der Waals surface area (Å²) in [6, 6.07) is 14.5. The number of hydrogen-bond donors (Lipinski definition) is 1. The molecule has 3 heteroatoms. The third kappa shape index (κ3) is 2.76. The number of carbonyl (C=O) groups is 1. The van der Waals surface area contributed by atoms with Crippen LogP contribution in [0.15, 0.2) is 48.5 Å². The Hall–Kier alpha value is -2.29. The minimum Gasteiger partial charge on any atom is -0.508 e. The quantitative estimate of drug-likeness (QED) is 0.913. The van der Waals surface area contributed by atoms with Gasteiger partial charge in [-0.25, -0.2) is 0 Å². The van der Waals surface area contributed by atoms with E-state index in [0.29, 0.717) is 12.1 Å². The van der Waals surface area contributed by atoms with Crippen molar-refractivity contribution in [1.82, 2.24) is 0 Å². The van der Waals surface area contributed by atoms with Gasteiger partial charge >= 0.3 is 0 Å². The largest absolute Gasteiger partial charge is 0.508 e. The number of para-hydroxylation sites is 1. The number of hydrogen-bond acceptors (Lipinski definition) is 2. The maximum absolute atomic E-state index is 12.5. The number of aryl methyl sites for hydroxylation is 1. The SMILES string of the molecule is CCN(C(=O)c1ccc(C)c(O)c1)c1ccccc1. The van der Waals surface area contributed by atoms with Crippen molar-refractivity contribution in [3.05, 3.63) is 59.7 Å². The molecule has 19 heavy (non-hydrogen) atoms. The van der Waals surface area contributed by atoms with Crippen LogP contribution in [0, 0.1) is 6.92 Å². The first-order valence-electron chi connectivity index (χ1n) is 6.30. The lowest BCUT2D eigenvalue weighted by atomic mass is 10.1. The van der Waals surface area contributed by atoms with Crippen molar-refractivity contribution in [3.8, 4) is 5.75 Å². The van der Waals surface area contributed by atoms with Crippen molar-refractivity contribution in [3.63, 3.8) is 0 Å². The number of phenolic OH excluding ortho intramolecular Hbond substituents is 1. The standard InChI is InChI=1S/C16H17NO2/c1-3-17(14-7-5-4-6-8-14)16(19)13-10-9-12(2)15(18)11-13/h4-11,18H,3H2,1-2H3. The van der Waals surface area contributed by atoms with E-state index in [1.165, 1.54) is 6.07 Å². The molecule has 0 radical (unpaired) electrons. The monoisotopic (exact) mass is 255 g/mol. The summed E-state index contributed by atoms with van der Waals surface area (Å²) in [4.78, 5) is 14.1. The van der Waals surface area contributed by atoms with Crippen molar-refractivity contribution < 1.29 is 9.90 Å². The molecule has 0 aliphatic heterocycles. The molecule has 0 spiro atoms. The normalized spacial score (nSPS) is 10.2. The summed E-state index contributed by atoms with van der Waals surface area (Å²) >= 11 is 0. The predicted octanol–water partition coefficient (Wildman–Crippen LogP) is 3.37. The highest BCUT2D eigenvalue weighted by molar-refractivity contribution is 6.06. The summed E-state index contributed by atoms with van der Waals surface area (Å²) in [5.41, 5.74) is 2.11. The van der Waals surface area contributed by atoms with Crippen molar-refractivity contribution in [1.29, 1.82) is 0 Å². The van der Waals surface area contributed by atoms with Crippen LogP contribution >= 0.6 is 0 Å². The van der Waals surface area contributed by atoms with Crippen LogP contribution in [0.25, 0.3) is 0 Å². The molecule has 0 unspecified atom stereocenters. The number of amides is 1. The summed E-state index contributed by atoms with van der Waals surface area (Å²) < 4.78 is 0. The summed E-state index contributed by atoms with van der Waals surface area (Å²) in [5, 5.41) is 9.70. The van der Waals surface area contributed by atoms with Gasteiger partial charge in [-0.1, -0.05) is 24.3 Å². The lowest BCUT2D eigenvalue weighted by Crippen LogP contribution is -2.30. The fraction of sp³-hybridized carbons (Fsp3) is 0.188. The Morgan fingerprint density at radius 3 is 2.42 bits per heavy atom. The molecule has 2 rings (SSSR count). The molecule has 0 fully saturated rings. The summed E-state index contributed by atoms with van der Waals surface area (Å²) in [7, 11) is 0. The number of phenols is 1. The second-order valence-electron chi connectivity index (χ2n) is 4.39. The van der Waals surface area contributed by atoms with Gasteiger partial charge in [0, 0.05) is 17.8 Å². The van der Waals surface area contributed by atoms with Gasteiger partial charge < -0.3 is 10.0 Å². The lowest BCUT2D eigenvalue weighted by Gasteiger charge is -2.21. The minimum absolute atomic E-state index is 0.107. The van der Waals surface area contributed by atoms with E-state index in [1.807, 2.05) is 37.3 Å². The molecule has 0 saturated carbocycles. The van der Waals surface area contributed by atoms with Gasteiger partial charge in [0.25, 0.3) is 5.91 Å². The van der Waals surface area contributed by atoms with Gasteiger partial charge in [-0.2, -0.15) is 0 Å². The Bertz CT molecular complexity index is 579. The van der Waals surface area contributed by atoms with Crippen LogP contribution in [0.1, 0.15) is 22.8 Å². The number of aromatic hydroxyl groups is 1. The van der Waals surface area contributed by atoms with E-state index < -0.39 is 0 Å². The van der Waals surface area contributed by atoms with Gasteiger partial charge in [0.2, 0.25) is 0 Å². The Kier molecular flexibility index (Phi) is 3.85. The molecule has 3 nitrogen and oxygen atoms in total. The molecule has 1 N–H and O–H groups in total. The van der Waals surface area contributed by atoms with Crippen LogP contribution in [0.4, 0.5) is 5.69 Å². The van der Waals surface area contributed by atoms with E-state index >= 15 is 0 Å². The zero-order valence-corrected chi connectivity index (χ0v) is 11.1. The highest BCUT2D eigenvalue weighted by atomic mass is 16.3.